The second-order valence-electron chi connectivity index (χ2n) is 11.8. The highest BCUT2D eigenvalue weighted by atomic mass is 16.3. The zero-order valence-electron chi connectivity index (χ0n) is 23.3. The molecule has 1 saturated carbocycles. The van der Waals surface area contributed by atoms with Crippen molar-refractivity contribution in [1.29, 1.82) is 0 Å². The van der Waals surface area contributed by atoms with Gasteiger partial charge in [0.1, 0.15) is 24.1 Å². The lowest BCUT2D eigenvalue weighted by molar-refractivity contribution is -0.634. The fraction of sp³-hybridized carbons (Fsp3) is 0.516. The van der Waals surface area contributed by atoms with Crippen LogP contribution in [0.15, 0.2) is 47.7 Å². The maximum absolute atomic E-state index is 10.5. The Bertz CT molecular complexity index is 1420. The molecule has 4 heterocycles. The zero-order valence-corrected chi connectivity index (χ0v) is 23.3. The third-order valence-corrected chi connectivity index (χ3v) is 8.79. The van der Waals surface area contributed by atoms with E-state index in [1.807, 2.05) is 13.0 Å². The first-order chi connectivity index (χ1) is 18.3. The molecular formula is C31H41N6O+. The number of para-hydroxylation sites is 2. The molecule has 2 fully saturated rings. The number of aliphatic hydroxyl groups is 1. The molecule has 7 heteroatoms. The summed E-state index contributed by atoms with van der Waals surface area (Å²) in [6, 6.07) is 10.9. The molecule has 2 aromatic heterocycles. The van der Waals surface area contributed by atoms with Gasteiger partial charge in [-0.05, 0) is 89.8 Å². The number of nitrogens with one attached hydrogen (secondary N) is 1. The summed E-state index contributed by atoms with van der Waals surface area (Å²) in [5, 5.41) is 19.7. The van der Waals surface area contributed by atoms with E-state index in [4.69, 9.17) is 10.1 Å². The van der Waals surface area contributed by atoms with Crippen LogP contribution in [-0.4, -0.2) is 49.5 Å². The molecule has 0 bridgehead atoms. The van der Waals surface area contributed by atoms with E-state index in [1.165, 1.54) is 29.8 Å². The lowest BCUT2D eigenvalue weighted by Gasteiger charge is -2.35. The van der Waals surface area contributed by atoms with E-state index in [1.54, 1.807) is 0 Å². The number of hydrogen-bond acceptors (Lipinski definition) is 5. The van der Waals surface area contributed by atoms with Crippen LogP contribution in [0.1, 0.15) is 70.2 Å². The Morgan fingerprint density at radius 3 is 2.58 bits per heavy atom. The van der Waals surface area contributed by atoms with Crippen molar-refractivity contribution in [3.63, 3.8) is 0 Å². The van der Waals surface area contributed by atoms with Gasteiger partial charge in [-0.3, -0.25) is 0 Å². The summed E-state index contributed by atoms with van der Waals surface area (Å²) < 4.78 is 4.38. The molecule has 200 valence electrons. The van der Waals surface area contributed by atoms with Crippen molar-refractivity contribution in [2.24, 2.45) is 7.05 Å². The van der Waals surface area contributed by atoms with Crippen molar-refractivity contribution in [3.8, 4) is 11.4 Å². The number of hydrogen-bond donors (Lipinski definition) is 2. The van der Waals surface area contributed by atoms with E-state index in [2.05, 4.69) is 70.7 Å². The number of allylic oxidation sites excluding steroid dienone is 2. The van der Waals surface area contributed by atoms with Crippen LogP contribution in [0.4, 0.5) is 0 Å². The molecule has 3 aliphatic rings. The van der Waals surface area contributed by atoms with Crippen LogP contribution in [0.3, 0.4) is 0 Å². The standard InChI is InChI=1S/C31H41N6O/c1-21-11-12-24-19-26(30-22(2)32-25-9-5-6-10-27(25)35(30)4)34-37(24)29(20-28(21)36-17-7-8-18-36)33-23-13-15-31(3,38)16-14-23/h5-6,9-10,19-20,23,33,38H,7-8,11-18H2,1-4H3/q+1. The molecule has 1 aliphatic carbocycles. The monoisotopic (exact) mass is 513 g/mol. The minimum atomic E-state index is -0.552. The molecule has 0 unspecified atom stereocenters. The molecule has 0 spiro atoms. The highest BCUT2D eigenvalue weighted by Crippen LogP contribution is 2.32. The molecule has 0 radical (unpaired) electrons. The predicted molar refractivity (Wildman–Crippen MR) is 151 cm³/mol. The number of benzene rings is 1. The predicted octanol–water partition coefficient (Wildman–Crippen LogP) is 4.63. The summed E-state index contributed by atoms with van der Waals surface area (Å²) in [4.78, 5) is 7.47. The van der Waals surface area contributed by atoms with Crippen molar-refractivity contribution in [2.45, 2.75) is 83.8 Å². The Morgan fingerprint density at radius 1 is 1.08 bits per heavy atom. The Balaban J connectivity index is 1.43. The van der Waals surface area contributed by atoms with Crippen LogP contribution in [0, 0.1) is 6.92 Å². The number of likely N-dealkylation sites (tertiary alicyclic amines) is 1. The second-order valence-corrected chi connectivity index (χ2v) is 11.8. The fourth-order valence-electron chi connectivity index (χ4n) is 6.49. The molecule has 2 aliphatic heterocycles. The normalized spacial score (nSPS) is 24.3. The average Bonchev–Trinajstić information content (AvgIpc) is 3.56. The van der Waals surface area contributed by atoms with Crippen LogP contribution in [0.25, 0.3) is 28.2 Å². The van der Waals surface area contributed by atoms with Crippen molar-refractivity contribution in [2.75, 3.05) is 13.1 Å². The van der Waals surface area contributed by atoms with Gasteiger partial charge in [-0.25, -0.2) is 9.67 Å². The van der Waals surface area contributed by atoms with Crippen molar-refractivity contribution < 1.29 is 9.67 Å². The van der Waals surface area contributed by atoms with Gasteiger partial charge in [-0.2, -0.15) is 9.67 Å². The summed E-state index contributed by atoms with van der Waals surface area (Å²) in [7, 11) is 2.11. The van der Waals surface area contributed by atoms with E-state index in [0.29, 0.717) is 6.04 Å². The molecule has 1 saturated heterocycles. The van der Waals surface area contributed by atoms with Gasteiger partial charge in [0.2, 0.25) is 5.52 Å². The van der Waals surface area contributed by atoms with E-state index in [0.717, 1.165) is 85.6 Å². The second kappa shape index (κ2) is 9.84. The smallest absolute Gasteiger partial charge is 0.254 e. The van der Waals surface area contributed by atoms with Gasteiger partial charge in [0.15, 0.2) is 5.69 Å². The van der Waals surface area contributed by atoms with Gasteiger partial charge in [0, 0.05) is 42.7 Å². The fourth-order valence-corrected chi connectivity index (χ4v) is 6.49. The zero-order chi connectivity index (χ0) is 26.4. The molecule has 2 N–H and O–H groups in total. The third kappa shape index (κ3) is 4.73. The van der Waals surface area contributed by atoms with Gasteiger partial charge in [-0.15, -0.1) is 0 Å². The van der Waals surface area contributed by atoms with Crippen LogP contribution >= 0.6 is 0 Å². The van der Waals surface area contributed by atoms with Gasteiger partial charge in [-0.1, -0.05) is 12.1 Å². The lowest BCUT2D eigenvalue weighted by Crippen LogP contribution is -2.40. The van der Waals surface area contributed by atoms with Crippen molar-refractivity contribution >= 4 is 16.9 Å². The van der Waals surface area contributed by atoms with E-state index in [-0.39, 0.29) is 0 Å². The van der Waals surface area contributed by atoms with Gasteiger partial charge < -0.3 is 15.3 Å². The lowest BCUT2D eigenvalue weighted by atomic mass is 9.83. The van der Waals surface area contributed by atoms with Crippen LogP contribution in [-0.2, 0) is 13.5 Å². The molecule has 1 aromatic carbocycles. The number of nitrogens with zero attached hydrogens (tertiary/aromatic N) is 5. The maximum atomic E-state index is 10.5. The van der Waals surface area contributed by atoms with Crippen LogP contribution in [0.5, 0.6) is 0 Å². The first kappa shape index (κ1) is 25.1. The third-order valence-electron chi connectivity index (χ3n) is 8.79. The summed E-state index contributed by atoms with van der Waals surface area (Å²) in [6.07, 6.45) is 10.4. The quantitative estimate of drug-likeness (QED) is 0.498. The number of aryl methyl sites for hydroxylation is 3. The first-order valence-corrected chi connectivity index (χ1v) is 14.3. The maximum Gasteiger partial charge on any atom is 0.254 e. The van der Waals surface area contributed by atoms with Crippen molar-refractivity contribution in [1.82, 2.24) is 25.0 Å². The SMILES string of the molecule is CC1=C(N2CCCC2)C=C(NC2CCC(C)(O)CC2)n2nc(-c3c(C)nc4ccccc4[n+]3C)cc2CC1. The van der Waals surface area contributed by atoms with Gasteiger partial charge >= 0.3 is 0 Å². The summed E-state index contributed by atoms with van der Waals surface area (Å²) in [6.45, 7) is 8.59. The molecule has 0 atom stereocenters. The summed E-state index contributed by atoms with van der Waals surface area (Å²) >= 11 is 0. The highest BCUT2D eigenvalue weighted by molar-refractivity contribution is 5.73. The van der Waals surface area contributed by atoms with E-state index in [9.17, 15) is 5.11 Å². The molecule has 3 aromatic rings. The molecule has 0 amide bonds. The first-order valence-electron chi connectivity index (χ1n) is 14.3. The molecular weight excluding hydrogens is 472 g/mol. The van der Waals surface area contributed by atoms with E-state index >= 15 is 0 Å². The Hall–Kier alpha value is -3.19. The average molecular weight is 514 g/mol. The van der Waals surface area contributed by atoms with E-state index < -0.39 is 5.60 Å². The summed E-state index contributed by atoms with van der Waals surface area (Å²) in [5.41, 5.74) is 8.56. The Morgan fingerprint density at radius 2 is 1.82 bits per heavy atom. The minimum absolute atomic E-state index is 0.321. The van der Waals surface area contributed by atoms with Crippen LogP contribution in [0.2, 0.25) is 0 Å². The topological polar surface area (TPSA) is 70.1 Å². The largest absolute Gasteiger partial charge is 0.390 e. The van der Waals surface area contributed by atoms with Crippen molar-refractivity contribution in [3.05, 3.63) is 59.1 Å². The minimum Gasteiger partial charge on any atom is -0.390 e. The number of aromatic nitrogens is 4. The Kier molecular flexibility index (Phi) is 6.50. The highest BCUT2D eigenvalue weighted by Gasteiger charge is 2.31. The molecule has 38 heavy (non-hydrogen) atoms. The Labute approximate surface area is 225 Å². The molecule has 7 nitrogen and oxygen atoms in total. The van der Waals surface area contributed by atoms with Gasteiger partial charge in [0.25, 0.3) is 5.69 Å². The summed E-state index contributed by atoms with van der Waals surface area (Å²) in [5.74, 6) is 1.05. The molecule has 6 rings (SSSR count). The van der Waals surface area contributed by atoms with Gasteiger partial charge in [0.05, 0.1) is 5.60 Å². The van der Waals surface area contributed by atoms with Crippen LogP contribution < -0.4 is 9.88 Å². The number of rotatable bonds is 4. The number of fused-ring (bicyclic) bond motifs is 2.